The van der Waals surface area contributed by atoms with Gasteiger partial charge in [-0.25, -0.2) is 0 Å². The van der Waals surface area contributed by atoms with E-state index in [1.807, 2.05) is 16.9 Å². The van der Waals surface area contributed by atoms with Crippen LogP contribution in [0.25, 0.3) is 11.1 Å². The molecule has 0 radical (unpaired) electrons. The van der Waals surface area contributed by atoms with Gasteiger partial charge in [-0.15, -0.1) is 0 Å². The third-order valence-corrected chi connectivity index (χ3v) is 4.39. The van der Waals surface area contributed by atoms with E-state index < -0.39 is 0 Å². The highest BCUT2D eigenvalue weighted by Crippen LogP contribution is 2.22. The molecule has 21 heavy (non-hydrogen) atoms. The largest absolute Gasteiger partial charge is 0.271 e. The number of nitrogens with zero attached hydrogens (tertiary/aromatic N) is 2. The number of hydrogen-bond acceptors (Lipinski definition) is 1. The summed E-state index contributed by atoms with van der Waals surface area (Å²) in [6.45, 7) is 0.877. The van der Waals surface area contributed by atoms with E-state index in [4.69, 9.17) is 0 Å². The van der Waals surface area contributed by atoms with E-state index in [0.717, 1.165) is 17.4 Å². The van der Waals surface area contributed by atoms with Gasteiger partial charge in [0.05, 0.1) is 6.20 Å². The molecule has 0 bridgehead atoms. The first-order valence-electron chi connectivity index (χ1n) is 7.05. The van der Waals surface area contributed by atoms with Gasteiger partial charge in [0.1, 0.15) is 0 Å². The van der Waals surface area contributed by atoms with Crippen molar-refractivity contribution in [3.63, 3.8) is 0 Å². The predicted octanol–water partition coefficient (Wildman–Crippen LogP) is 4.73. The maximum atomic E-state index is 4.50. The Morgan fingerprint density at radius 2 is 1.57 bits per heavy atom. The Kier molecular flexibility index (Phi) is 4.51. The van der Waals surface area contributed by atoms with Crippen LogP contribution in [0.5, 0.6) is 0 Å². The number of aromatic nitrogens is 2. The van der Waals surface area contributed by atoms with Gasteiger partial charge in [-0.05, 0) is 11.1 Å². The van der Waals surface area contributed by atoms with E-state index in [0.29, 0.717) is 5.92 Å². The summed E-state index contributed by atoms with van der Waals surface area (Å²) < 4.78 is 2.03. The van der Waals surface area contributed by atoms with Crippen molar-refractivity contribution in [2.24, 2.45) is 0 Å². The van der Waals surface area contributed by atoms with Crippen molar-refractivity contribution >= 4 is 15.9 Å². The molecule has 2 nitrogen and oxygen atoms in total. The van der Waals surface area contributed by atoms with Crippen LogP contribution in [0.3, 0.4) is 0 Å². The third kappa shape index (κ3) is 3.42. The van der Waals surface area contributed by atoms with Crippen LogP contribution < -0.4 is 0 Å². The molecule has 1 unspecified atom stereocenters. The van der Waals surface area contributed by atoms with E-state index in [2.05, 4.69) is 81.8 Å². The molecule has 0 aliphatic heterocycles. The number of rotatable bonds is 5. The second-order valence-electron chi connectivity index (χ2n) is 5.08. The highest BCUT2D eigenvalue weighted by molar-refractivity contribution is 9.09. The van der Waals surface area contributed by atoms with Crippen LogP contribution in [-0.4, -0.2) is 15.1 Å². The van der Waals surface area contributed by atoms with Crippen LogP contribution in [0.4, 0.5) is 0 Å². The van der Waals surface area contributed by atoms with Gasteiger partial charge in [0.2, 0.25) is 0 Å². The smallest absolute Gasteiger partial charge is 0.0568 e. The van der Waals surface area contributed by atoms with Crippen molar-refractivity contribution in [2.45, 2.75) is 12.5 Å². The molecule has 1 atom stereocenters. The zero-order valence-electron chi connectivity index (χ0n) is 11.7. The number of benzene rings is 2. The van der Waals surface area contributed by atoms with Crippen molar-refractivity contribution in [1.82, 2.24) is 9.78 Å². The normalized spacial score (nSPS) is 12.2. The Balaban J connectivity index is 1.78. The van der Waals surface area contributed by atoms with Crippen LogP contribution in [0.2, 0.25) is 0 Å². The van der Waals surface area contributed by atoms with Gasteiger partial charge in [0.25, 0.3) is 0 Å². The molecule has 3 rings (SSSR count). The van der Waals surface area contributed by atoms with Gasteiger partial charge in [-0.3, -0.25) is 4.68 Å². The minimum atomic E-state index is 0.426. The van der Waals surface area contributed by atoms with E-state index >= 15 is 0 Å². The van der Waals surface area contributed by atoms with Crippen molar-refractivity contribution in [3.8, 4) is 11.1 Å². The second kappa shape index (κ2) is 6.72. The fourth-order valence-electron chi connectivity index (χ4n) is 2.44. The molecule has 1 heterocycles. The van der Waals surface area contributed by atoms with E-state index in [1.54, 1.807) is 0 Å². The second-order valence-corrected chi connectivity index (χ2v) is 5.73. The monoisotopic (exact) mass is 340 g/mol. The van der Waals surface area contributed by atoms with Gasteiger partial charge >= 0.3 is 0 Å². The summed E-state index contributed by atoms with van der Waals surface area (Å²) in [5.74, 6) is 0.426. The molecular formula is C18H17BrN2. The molecule has 0 saturated carbocycles. The quantitative estimate of drug-likeness (QED) is 0.614. The Labute approximate surface area is 133 Å². The van der Waals surface area contributed by atoms with Crippen molar-refractivity contribution in [2.75, 3.05) is 5.33 Å². The Hall–Kier alpha value is -1.87. The fourth-order valence-corrected chi connectivity index (χ4v) is 3.02. The van der Waals surface area contributed by atoms with E-state index in [9.17, 15) is 0 Å². The van der Waals surface area contributed by atoms with Crippen LogP contribution in [-0.2, 0) is 6.54 Å². The lowest BCUT2D eigenvalue weighted by Crippen LogP contribution is -2.10. The fraction of sp³-hybridized carbons (Fsp3) is 0.167. The number of halogens is 1. The lowest BCUT2D eigenvalue weighted by molar-refractivity contribution is 0.550. The predicted molar refractivity (Wildman–Crippen MR) is 90.6 cm³/mol. The summed E-state index contributed by atoms with van der Waals surface area (Å²) in [5, 5.41) is 5.43. The lowest BCUT2D eigenvalue weighted by Gasteiger charge is -2.14. The van der Waals surface area contributed by atoms with Crippen molar-refractivity contribution in [3.05, 3.63) is 78.6 Å². The van der Waals surface area contributed by atoms with Gasteiger partial charge in [0.15, 0.2) is 0 Å². The first-order valence-corrected chi connectivity index (χ1v) is 8.18. The molecule has 0 amide bonds. The van der Waals surface area contributed by atoms with Crippen LogP contribution in [0, 0.1) is 0 Å². The highest BCUT2D eigenvalue weighted by Gasteiger charge is 2.11. The first kappa shape index (κ1) is 14.1. The molecule has 1 aromatic heterocycles. The third-order valence-electron chi connectivity index (χ3n) is 3.61. The van der Waals surface area contributed by atoms with Crippen molar-refractivity contribution in [1.29, 1.82) is 0 Å². The summed E-state index contributed by atoms with van der Waals surface area (Å²) in [6, 6.07) is 20.9. The zero-order valence-corrected chi connectivity index (χ0v) is 13.3. The van der Waals surface area contributed by atoms with Crippen LogP contribution in [0.15, 0.2) is 73.1 Å². The summed E-state index contributed by atoms with van der Waals surface area (Å²) >= 11 is 3.62. The summed E-state index contributed by atoms with van der Waals surface area (Å²) in [5.41, 5.74) is 3.71. The Morgan fingerprint density at radius 3 is 2.24 bits per heavy atom. The van der Waals surface area contributed by atoms with Gasteiger partial charge < -0.3 is 0 Å². The van der Waals surface area contributed by atoms with Gasteiger partial charge in [0, 0.05) is 29.6 Å². The molecule has 2 aromatic carbocycles. The molecular weight excluding hydrogens is 324 g/mol. The highest BCUT2D eigenvalue weighted by atomic mass is 79.9. The molecule has 0 N–H and O–H groups in total. The average Bonchev–Trinajstić information content (AvgIpc) is 3.03. The number of alkyl halides is 1. The minimum absolute atomic E-state index is 0.426. The summed E-state index contributed by atoms with van der Waals surface area (Å²) in [7, 11) is 0. The van der Waals surface area contributed by atoms with Gasteiger partial charge in [-0.1, -0.05) is 76.6 Å². The SMILES string of the molecule is BrCC(Cn1cc(-c2ccccc2)cn1)c1ccccc1. The molecule has 0 fully saturated rings. The number of hydrogen-bond donors (Lipinski definition) is 0. The molecule has 0 spiro atoms. The van der Waals surface area contributed by atoms with Crippen LogP contribution >= 0.6 is 15.9 Å². The van der Waals surface area contributed by atoms with Crippen molar-refractivity contribution < 1.29 is 0 Å². The Bertz CT molecular complexity index is 677. The average molecular weight is 341 g/mol. The standard InChI is InChI=1S/C18H17BrN2/c19-11-17(15-7-3-1-4-8-15)13-21-14-18(12-20-21)16-9-5-2-6-10-16/h1-10,12,14,17H,11,13H2. The minimum Gasteiger partial charge on any atom is -0.271 e. The molecule has 106 valence electrons. The molecule has 0 saturated heterocycles. The molecule has 3 heteroatoms. The lowest BCUT2D eigenvalue weighted by atomic mass is 10.0. The molecule has 0 aliphatic rings. The molecule has 3 aromatic rings. The maximum Gasteiger partial charge on any atom is 0.0568 e. The van der Waals surface area contributed by atoms with E-state index in [1.165, 1.54) is 11.1 Å². The summed E-state index contributed by atoms with van der Waals surface area (Å²) in [4.78, 5) is 0. The van der Waals surface area contributed by atoms with Crippen LogP contribution in [0.1, 0.15) is 11.5 Å². The first-order chi connectivity index (χ1) is 10.4. The van der Waals surface area contributed by atoms with E-state index in [-0.39, 0.29) is 0 Å². The maximum absolute atomic E-state index is 4.50. The molecule has 0 aliphatic carbocycles. The topological polar surface area (TPSA) is 17.8 Å². The Morgan fingerprint density at radius 1 is 0.905 bits per heavy atom. The van der Waals surface area contributed by atoms with Gasteiger partial charge in [-0.2, -0.15) is 5.10 Å². The summed E-state index contributed by atoms with van der Waals surface area (Å²) in [6.07, 6.45) is 4.06. The zero-order chi connectivity index (χ0) is 14.5.